The molecule has 0 aromatic heterocycles. The highest BCUT2D eigenvalue weighted by molar-refractivity contribution is 6.01. The molecule has 4 heteroatoms. The van der Waals surface area contributed by atoms with E-state index < -0.39 is 11.9 Å². The molecule has 0 radical (unpaired) electrons. The van der Waals surface area contributed by atoms with Crippen LogP contribution in [0.5, 0.6) is 0 Å². The van der Waals surface area contributed by atoms with Crippen molar-refractivity contribution in [3.05, 3.63) is 53.6 Å². The second-order valence-corrected chi connectivity index (χ2v) is 4.53. The number of aliphatic carboxylic acids is 1. The van der Waals surface area contributed by atoms with Gasteiger partial charge in [-0.25, -0.2) is 4.79 Å². The lowest BCUT2D eigenvalue weighted by Gasteiger charge is -2.07. The number of carboxylic acid groups (broad SMARTS) is 1. The highest BCUT2D eigenvalue weighted by atomic mass is 16.5. The molecule has 0 fully saturated rings. The van der Waals surface area contributed by atoms with Gasteiger partial charge in [-0.3, -0.25) is 4.79 Å². The van der Waals surface area contributed by atoms with Gasteiger partial charge in [0.15, 0.2) is 0 Å². The molecule has 2 aromatic rings. The maximum absolute atomic E-state index is 11.9. The Hall–Kier alpha value is -2.62. The zero-order chi connectivity index (χ0) is 15.2. The van der Waals surface area contributed by atoms with Crippen molar-refractivity contribution >= 4 is 28.8 Å². The predicted octanol–water partition coefficient (Wildman–Crippen LogP) is 3.26. The standard InChI is InChI=1S/C17H16O4/c1-2-21-17(20)14(11-16(18)19)10-13-8-5-7-12-6-3-4-9-15(12)13/h3-10H,2,11H2,1H3,(H,18,19). The van der Waals surface area contributed by atoms with E-state index in [4.69, 9.17) is 9.84 Å². The molecular weight excluding hydrogens is 268 g/mol. The molecule has 0 amide bonds. The normalized spacial score (nSPS) is 11.4. The second-order valence-electron chi connectivity index (χ2n) is 4.53. The van der Waals surface area contributed by atoms with E-state index in [1.807, 2.05) is 42.5 Å². The third-order valence-corrected chi connectivity index (χ3v) is 3.03. The summed E-state index contributed by atoms with van der Waals surface area (Å²) in [5, 5.41) is 10.9. The van der Waals surface area contributed by atoms with E-state index in [-0.39, 0.29) is 18.6 Å². The van der Waals surface area contributed by atoms with E-state index in [0.29, 0.717) is 0 Å². The molecule has 0 saturated heterocycles. The van der Waals surface area contributed by atoms with E-state index in [0.717, 1.165) is 16.3 Å². The SMILES string of the molecule is CCOC(=O)C(=Cc1cccc2ccccc12)CC(=O)O. The summed E-state index contributed by atoms with van der Waals surface area (Å²) in [5.41, 5.74) is 0.943. The zero-order valence-electron chi connectivity index (χ0n) is 11.7. The minimum Gasteiger partial charge on any atom is -0.481 e. The lowest BCUT2D eigenvalue weighted by Crippen LogP contribution is -2.11. The highest BCUT2D eigenvalue weighted by Gasteiger charge is 2.15. The number of carbonyl (C=O) groups is 2. The molecule has 21 heavy (non-hydrogen) atoms. The minimum atomic E-state index is -1.06. The number of carbonyl (C=O) groups excluding carboxylic acids is 1. The average molecular weight is 284 g/mol. The van der Waals surface area contributed by atoms with Crippen LogP contribution in [0, 0.1) is 0 Å². The molecule has 0 bridgehead atoms. The Balaban J connectivity index is 2.48. The van der Waals surface area contributed by atoms with E-state index in [1.54, 1.807) is 13.0 Å². The summed E-state index contributed by atoms with van der Waals surface area (Å²) in [6, 6.07) is 13.4. The fourth-order valence-corrected chi connectivity index (χ4v) is 2.13. The van der Waals surface area contributed by atoms with Crippen LogP contribution in [0.15, 0.2) is 48.0 Å². The Labute approximate surface area is 122 Å². The van der Waals surface area contributed by atoms with Crippen LogP contribution in [-0.4, -0.2) is 23.7 Å². The van der Waals surface area contributed by atoms with Crippen LogP contribution in [0.3, 0.4) is 0 Å². The van der Waals surface area contributed by atoms with Crippen molar-refractivity contribution in [3.63, 3.8) is 0 Å². The van der Waals surface area contributed by atoms with Crippen LogP contribution < -0.4 is 0 Å². The third-order valence-electron chi connectivity index (χ3n) is 3.03. The van der Waals surface area contributed by atoms with Gasteiger partial charge in [-0.05, 0) is 29.3 Å². The average Bonchev–Trinajstić information content (AvgIpc) is 2.46. The topological polar surface area (TPSA) is 63.6 Å². The molecule has 0 atom stereocenters. The van der Waals surface area contributed by atoms with Gasteiger partial charge in [0.2, 0.25) is 0 Å². The number of ether oxygens (including phenoxy) is 1. The number of hydrogen-bond acceptors (Lipinski definition) is 3. The summed E-state index contributed by atoms with van der Waals surface area (Å²) in [5.74, 6) is -1.65. The molecule has 4 nitrogen and oxygen atoms in total. The van der Waals surface area contributed by atoms with Gasteiger partial charge >= 0.3 is 11.9 Å². The molecule has 0 aliphatic carbocycles. The highest BCUT2D eigenvalue weighted by Crippen LogP contribution is 2.22. The Morgan fingerprint density at radius 3 is 2.57 bits per heavy atom. The largest absolute Gasteiger partial charge is 0.481 e. The lowest BCUT2D eigenvalue weighted by molar-refractivity contribution is -0.142. The number of benzene rings is 2. The molecule has 0 saturated carbocycles. The van der Waals surface area contributed by atoms with Gasteiger partial charge in [-0.15, -0.1) is 0 Å². The summed E-state index contributed by atoms with van der Waals surface area (Å²) >= 11 is 0. The van der Waals surface area contributed by atoms with E-state index in [2.05, 4.69) is 0 Å². The van der Waals surface area contributed by atoms with E-state index in [1.165, 1.54) is 0 Å². The van der Waals surface area contributed by atoms with Gasteiger partial charge in [0.05, 0.1) is 13.0 Å². The van der Waals surface area contributed by atoms with Crippen molar-refractivity contribution in [1.29, 1.82) is 0 Å². The molecule has 2 rings (SSSR count). The third kappa shape index (κ3) is 3.69. The monoisotopic (exact) mass is 284 g/mol. The number of hydrogen-bond donors (Lipinski definition) is 1. The van der Waals surface area contributed by atoms with Gasteiger partial charge in [-0.2, -0.15) is 0 Å². The summed E-state index contributed by atoms with van der Waals surface area (Å²) in [6.07, 6.45) is 1.23. The van der Waals surface area contributed by atoms with Gasteiger partial charge in [0.25, 0.3) is 0 Å². The van der Waals surface area contributed by atoms with E-state index >= 15 is 0 Å². The Bertz CT molecular complexity index is 696. The molecule has 0 heterocycles. The van der Waals surface area contributed by atoms with Gasteiger partial charge in [-0.1, -0.05) is 42.5 Å². The van der Waals surface area contributed by atoms with Crippen LogP contribution in [0.25, 0.3) is 16.8 Å². The molecule has 0 unspecified atom stereocenters. The quantitative estimate of drug-likeness (QED) is 0.676. The van der Waals surface area contributed by atoms with Gasteiger partial charge in [0.1, 0.15) is 0 Å². The fraction of sp³-hybridized carbons (Fsp3) is 0.176. The first-order valence-corrected chi connectivity index (χ1v) is 6.69. The first-order chi connectivity index (χ1) is 10.1. The van der Waals surface area contributed by atoms with Crippen LogP contribution in [0.1, 0.15) is 18.9 Å². The van der Waals surface area contributed by atoms with E-state index in [9.17, 15) is 9.59 Å². The molecular formula is C17H16O4. The molecule has 2 aromatic carbocycles. The van der Waals surface area contributed by atoms with Crippen molar-refractivity contribution in [3.8, 4) is 0 Å². The fourth-order valence-electron chi connectivity index (χ4n) is 2.13. The lowest BCUT2D eigenvalue weighted by atomic mass is 10.0. The molecule has 108 valence electrons. The molecule has 0 spiro atoms. The van der Waals surface area contributed by atoms with Crippen LogP contribution in [0.4, 0.5) is 0 Å². The minimum absolute atomic E-state index is 0.140. The van der Waals surface area contributed by atoms with Gasteiger partial charge < -0.3 is 9.84 Å². The number of carboxylic acids is 1. The molecule has 0 aliphatic rings. The number of rotatable bonds is 5. The van der Waals surface area contributed by atoms with Crippen LogP contribution >= 0.6 is 0 Å². The summed E-state index contributed by atoms with van der Waals surface area (Å²) in [7, 11) is 0. The Kier molecular flexibility index (Phi) is 4.72. The smallest absolute Gasteiger partial charge is 0.334 e. The number of fused-ring (bicyclic) bond motifs is 1. The summed E-state index contributed by atoms with van der Waals surface area (Å²) in [4.78, 5) is 22.8. The zero-order valence-corrected chi connectivity index (χ0v) is 11.7. The Morgan fingerprint density at radius 1 is 1.14 bits per heavy atom. The van der Waals surface area contributed by atoms with Crippen molar-refractivity contribution in [2.45, 2.75) is 13.3 Å². The maximum atomic E-state index is 11.9. The van der Waals surface area contributed by atoms with Gasteiger partial charge in [0, 0.05) is 5.57 Å². The van der Waals surface area contributed by atoms with Crippen molar-refractivity contribution in [2.75, 3.05) is 6.61 Å². The first-order valence-electron chi connectivity index (χ1n) is 6.69. The Morgan fingerprint density at radius 2 is 1.86 bits per heavy atom. The maximum Gasteiger partial charge on any atom is 0.334 e. The predicted molar refractivity (Wildman–Crippen MR) is 80.8 cm³/mol. The summed E-state index contributed by atoms with van der Waals surface area (Å²) in [6.45, 7) is 1.90. The molecule has 0 aliphatic heterocycles. The van der Waals surface area contributed by atoms with Crippen molar-refractivity contribution < 1.29 is 19.4 Å². The van der Waals surface area contributed by atoms with Crippen LogP contribution in [-0.2, 0) is 14.3 Å². The van der Waals surface area contributed by atoms with Crippen molar-refractivity contribution in [2.24, 2.45) is 0 Å². The van der Waals surface area contributed by atoms with Crippen LogP contribution in [0.2, 0.25) is 0 Å². The molecule has 1 N–H and O–H groups in total. The van der Waals surface area contributed by atoms with Crippen molar-refractivity contribution in [1.82, 2.24) is 0 Å². The summed E-state index contributed by atoms with van der Waals surface area (Å²) < 4.78 is 4.92. The number of esters is 1. The first kappa shape index (κ1) is 14.8. The second kappa shape index (κ2) is 6.70.